The largest absolute Gasteiger partial charge is 0.334 e. The summed E-state index contributed by atoms with van der Waals surface area (Å²) in [5, 5.41) is 11.5. The van der Waals surface area contributed by atoms with Gasteiger partial charge in [-0.25, -0.2) is 4.39 Å². The summed E-state index contributed by atoms with van der Waals surface area (Å²) in [6.45, 7) is 0. The monoisotopic (exact) mass is 427 g/mol. The van der Waals surface area contributed by atoms with Crippen molar-refractivity contribution in [3.63, 3.8) is 0 Å². The minimum absolute atomic E-state index is 0.00503. The van der Waals surface area contributed by atoms with Gasteiger partial charge in [0, 0.05) is 23.8 Å². The summed E-state index contributed by atoms with van der Waals surface area (Å²) in [4.78, 5) is 13.1. The second kappa shape index (κ2) is 8.50. The Kier molecular flexibility index (Phi) is 5.64. The maximum absolute atomic E-state index is 13.4. The van der Waals surface area contributed by atoms with Gasteiger partial charge in [0.2, 0.25) is 11.0 Å². The van der Waals surface area contributed by atoms with Crippen molar-refractivity contribution in [2.24, 2.45) is 0 Å². The maximum Gasteiger partial charge on any atom is 0.316 e. The first-order valence-corrected chi connectivity index (χ1v) is 10.0. The highest BCUT2D eigenvalue weighted by Crippen LogP contribution is 2.23. The molecule has 146 valence electrons. The van der Waals surface area contributed by atoms with E-state index in [4.69, 9.17) is 11.6 Å². The standard InChI is InChI=1S/C20H15ClFN5OS/c21-16-12-15(8-9-17(16)22)23-18-19(28)27(26-10-4-5-11-26)20(25-24-18)29-13-14-6-2-1-3-7-14/h1-12H,13H2,(H,23,24). The maximum atomic E-state index is 13.4. The summed E-state index contributed by atoms with van der Waals surface area (Å²) in [6, 6.07) is 17.6. The van der Waals surface area contributed by atoms with E-state index in [1.807, 2.05) is 42.5 Å². The second-order valence-corrected chi connectivity index (χ2v) is 7.39. The molecule has 0 spiro atoms. The molecule has 0 fully saturated rings. The van der Waals surface area contributed by atoms with Gasteiger partial charge >= 0.3 is 5.56 Å². The Morgan fingerprint density at radius 1 is 1.03 bits per heavy atom. The number of rotatable bonds is 6. The van der Waals surface area contributed by atoms with Crippen LogP contribution in [0.4, 0.5) is 15.9 Å². The van der Waals surface area contributed by atoms with Gasteiger partial charge in [0.25, 0.3) is 0 Å². The molecule has 0 atom stereocenters. The Morgan fingerprint density at radius 2 is 1.79 bits per heavy atom. The fraction of sp³-hybridized carbons (Fsp3) is 0.0500. The molecule has 2 aromatic heterocycles. The van der Waals surface area contributed by atoms with Gasteiger partial charge in [-0.05, 0) is 35.9 Å². The van der Waals surface area contributed by atoms with Crippen molar-refractivity contribution in [2.45, 2.75) is 10.9 Å². The van der Waals surface area contributed by atoms with Crippen LogP contribution in [0.2, 0.25) is 5.02 Å². The van der Waals surface area contributed by atoms with Gasteiger partial charge in [0.1, 0.15) is 5.82 Å². The number of thioether (sulfide) groups is 1. The van der Waals surface area contributed by atoms with E-state index in [-0.39, 0.29) is 10.8 Å². The van der Waals surface area contributed by atoms with E-state index in [1.165, 1.54) is 34.6 Å². The van der Waals surface area contributed by atoms with Crippen LogP contribution < -0.4 is 10.9 Å². The van der Waals surface area contributed by atoms with Gasteiger partial charge in [0.15, 0.2) is 0 Å². The summed E-state index contributed by atoms with van der Waals surface area (Å²) in [6.07, 6.45) is 3.49. The predicted octanol–water partition coefficient (Wildman–Crippen LogP) is 4.58. The number of aromatic nitrogens is 4. The molecule has 4 aromatic rings. The lowest BCUT2D eigenvalue weighted by Gasteiger charge is -2.14. The Hall–Kier alpha value is -3.10. The number of nitrogens with one attached hydrogen (secondary N) is 1. The summed E-state index contributed by atoms with van der Waals surface area (Å²) in [7, 11) is 0. The third-order valence-corrected chi connectivity index (χ3v) is 5.30. The lowest BCUT2D eigenvalue weighted by molar-refractivity contribution is 0.533. The van der Waals surface area contributed by atoms with E-state index in [0.717, 1.165) is 5.56 Å². The van der Waals surface area contributed by atoms with E-state index in [1.54, 1.807) is 17.1 Å². The Balaban J connectivity index is 1.68. The zero-order valence-electron chi connectivity index (χ0n) is 15.0. The highest BCUT2D eigenvalue weighted by molar-refractivity contribution is 7.98. The van der Waals surface area contributed by atoms with Crippen molar-refractivity contribution in [3.8, 4) is 0 Å². The van der Waals surface area contributed by atoms with Crippen LogP contribution in [0.25, 0.3) is 0 Å². The SMILES string of the molecule is O=c1c(Nc2ccc(F)c(Cl)c2)nnc(SCc2ccccc2)n1-n1cccc1. The molecule has 0 unspecified atom stereocenters. The number of nitrogens with zero attached hydrogens (tertiary/aromatic N) is 4. The average molecular weight is 428 g/mol. The normalized spacial score (nSPS) is 10.8. The highest BCUT2D eigenvalue weighted by atomic mass is 35.5. The topological polar surface area (TPSA) is 64.7 Å². The highest BCUT2D eigenvalue weighted by Gasteiger charge is 2.15. The van der Waals surface area contributed by atoms with Crippen molar-refractivity contribution in [1.82, 2.24) is 19.5 Å². The van der Waals surface area contributed by atoms with Crippen molar-refractivity contribution in [3.05, 3.63) is 99.8 Å². The van der Waals surface area contributed by atoms with Crippen LogP contribution in [0.5, 0.6) is 0 Å². The lowest BCUT2D eigenvalue weighted by Crippen LogP contribution is -2.30. The first kappa shape index (κ1) is 19.2. The average Bonchev–Trinajstić information content (AvgIpc) is 3.26. The molecular weight excluding hydrogens is 413 g/mol. The molecule has 9 heteroatoms. The fourth-order valence-electron chi connectivity index (χ4n) is 2.63. The minimum atomic E-state index is -0.541. The second-order valence-electron chi connectivity index (χ2n) is 6.04. The molecule has 0 amide bonds. The van der Waals surface area contributed by atoms with Gasteiger partial charge in [0.05, 0.1) is 5.02 Å². The van der Waals surface area contributed by atoms with Gasteiger partial charge in [-0.15, -0.1) is 10.2 Å². The van der Waals surface area contributed by atoms with Crippen molar-refractivity contribution >= 4 is 34.9 Å². The summed E-state index contributed by atoms with van der Waals surface area (Å²) in [5.41, 5.74) is 1.15. The van der Waals surface area contributed by atoms with E-state index in [2.05, 4.69) is 15.5 Å². The number of halogens is 2. The van der Waals surface area contributed by atoms with E-state index in [0.29, 0.717) is 16.6 Å². The molecule has 0 aliphatic heterocycles. The first-order chi connectivity index (χ1) is 14.1. The van der Waals surface area contributed by atoms with Gasteiger partial charge in [-0.1, -0.05) is 53.7 Å². The number of anilines is 2. The molecule has 2 aromatic carbocycles. The zero-order valence-corrected chi connectivity index (χ0v) is 16.6. The molecule has 6 nitrogen and oxygen atoms in total. The van der Waals surface area contributed by atoms with E-state index in [9.17, 15) is 9.18 Å². The summed E-state index contributed by atoms with van der Waals surface area (Å²) >= 11 is 7.22. The Morgan fingerprint density at radius 3 is 2.52 bits per heavy atom. The zero-order chi connectivity index (χ0) is 20.2. The minimum Gasteiger partial charge on any atom is -0.334 e. The smallest absolute Gasteiger partial charge is 0.316 e. The molecule has 0 aliphatic rings. The lowest BCUT2D eigenvalue weighted by atomic mass is 10.2. The van der Waals surface area contributed by atoms with Gasteiger partial charge < -0.3 is 5.32 Å². The van der Waals surface area contributed by atoms with Crippen LogP contribution in [-0.4, -0.2) is 19.5 Å². The predicted molar refractivity (Wildman–Crippen MR) is 112 cm³/mol. The molecular formula is C20H15ClFN5OS. The quantitative estimate of drug-likeness (QED) is 0.456. The van der Waals surface area contributed by atoms with Crippen LogP contribution in [-0.2, 0) is 5.75 Å². The molecule has 1 N–H and O–H groups in total. The van der Waals surface area contributed by atoms with Gasteiger partial charge in [-0.2, -0.15) is 4.68 Å². The van der Waals surface area contributed by atoms with Crippen molar-refractivity contribution < 1.29 is 4.39 Å². The fourth-order valence-corrected chi connectivity index (χ4v) is 3.70. The molecule has 2 heterocycles. The molecule has 0 aliphatic carbocycles. The van der Waals surface area contributed by atoms with Crippen LogP contribution in [0.3, 0.4) is 0 Å². The summed E-state index contributed by atoms with van der Waals surface area (Å²) in [5.74, 6) is 0.0995. The van der Waals surface area contributed by atoms with Crippen LogP contribution in [0, 0.1) is 5.82 Å². The van der Waals surface area contributed by atoms with Crippen LogP contribution in [0.1, 0.15) is 5.56 Å². The Bertz CT molecular complexity index is 1180. The van der Waals surface area contributed by atoms with Crippen LogP contribution in [0.15, 0.2) is 83.0 Å². The van der Waals surface area contributed by atoms with E-state index < -0.39 is 11.4 Å². The molecule has 0 saturated carbocycles. The van der Waals surface area contributed by atoms with E-state index >= 15 is 0 Å². The van der Waals surface area contributed by atoms with Crippen molar-refractivity contribution in [1.29, 1.82) is 0 Å². The molecule has 4 rings (SSSR count). The summed E-state index contributed by atoms with van der Waals surface area (Å²) < 4.78 is 16.4. The number of hydrogen-bond acceptors (Lipinski definition) is 5. The molecule has 0 radical (unpaired) electrons. The van der Waals surface area contributed by atoms with Crippen LogP contribution >= 0.6 is 23.4 Å². The number of hydrogen-bond donors (Lipinski definition) is 1. The third-order valence-electron chi connectivity index (χ3n) is 4.02. The number of benzene rings is 2. The molecule has 0 bridgehead atoms. The molecule has 0 saturated heterocycles. The Labute approximate surface area is 174 Å². The van der Waals surface area contributed by atoms with Gasteiger partial charge in [-0.3, -0.25) is 9.47 Å². The third kappa shape index (κ3) is 4.33. The van der Waals surface area contributed by atoms with Crippen molar-refractivity contribution in [2.75, 3.05) is 5.32 Å². The first-order valence-electron chi connectivity index (χ1n) is 8.64. The molecule has 29 heavy (non-hydrogen) atoms.